The Morgan fingerprint density at radius 1 is 0.600 bits per heavy atom. The highest BCUT2D eigenvalue weighted by Gasteiger charge is 2.17. The minimum atomic E-state index is -0.820. The highest BCUT2D eigenvalue weighted by Crippen LogP contribution is 2.02. The molecule has 35 heavy (non-hydrogen) atoms. The molecule has 0 aliphatic carbocycles. The Morgan fingerprint density at radius 2 is 0.971 bits per heavy atom. The van der Waals surface area contributed by atoms with Crippen LogP contribution in [0.3, 0.4) is 0 Å². The number of hydrogen-bond acceptors (Lipinski definition) is 6. The first-order chi connectivity index (χ1) is 17.0. The number of ether oxygens (including phenoxy) is 3. The van der Waals surface area contributed by atoms with E-state index in [-0.39, 0.29) is 19.6 Å². The molecule has 0 amide bonds. The van der Waals surface area contributed by atoms with E-state index in [1.165, 1.54) is 20.3 Å². The van der Waals surface area contributed by atoms with E-state index in [0.717, 1.165) is 32.1 Å². The van der Waals surface area contributed by atoms with Crippen LogP contribution in [0.5, 0.6) is 0 Å². The van der Waals surface area contributed by atoms with Crippen molar-refractivity contribution in [3.8, 4) is 0 Å². The zero-order valence-electron chi connectivity index (χ0n) is 21.5. The van der Waals surface area contributed by atoms with Crippen LogP contribution in [-0.4, -0.2) is 37.2 Å². The average Bonchev–Trinajstić information content (AvgIpc) is 2.82. The van der Waals surface area contributed by atoms with Crippen LogP contribution >= 0.6 is 0 Å². The number of rotatable bonds is 19. The second kappa shape index (κ2) is 24.0. The minimum absolute atomic E-state index is 0.0848. The first-order valence-corrected chi connectivity index (χ1v) is 12.3. The lowest BCUT2D eigenvalue weighted by Crippen LogP contribution is -2.30. The van der Waals surface area contributed by atoms with Gasteiger partial charge in [0.1, 0.15) is 13.2 Å². The first kappa shape index (κ1) is 31.9. The van der Waals surface area contributed by atoms with Crippen molar-refractivity contribution in [2.24, 2.45) is 0 Å². The second-order valence-corrected chi connectivity index (χ2v) is 7.72. The molecule has 0 radical (unpaired) electrons. The minimum Gasteiger partial charge on any atom is -0.462 e. The van der Waals surface area contributed by atoms with Gasteiger partial charge in [-0.3, -0.25) is 14.4 Å². The molecule has 0 bridgehead atoms. The number of carbonyl (C=O) groups excluding carboxylic acids is 3. The van der Waals surface area contributed by atoms with Crippen LogP contribution < -0.4 is 0 Å². The molecular formula is C29H42O6. The lowest BCUT2D eigenvalue weighted by atomic mass is 10.2. The quantitative estimate of drug-likeness (QED) is 0.118. The van der Waals surface area contributed by atoms with Gasteiger partial charge in [-0.2, -0.15) is 0 Å². The van der Waals surface area contributed by atoms with Gasteiger partial charge in [0.05, 0.1) is 6.42 Å². The van der Waals surface area contributed by atoms with E-state index in [4.69, 9.17) is 14.2 Å². The zero-order chi connectivity index (χ0) is 26.0. The predicted octanol–water partition coefficient (Wildman–Crippen LogP) is 6.50. The summed E-state index contributed by atoms with van der Waals surface area (Å²) in [7, 11) is 0. The summed E-state index contributed by atoms with van der Waals surface area (Å²) in [5.41, 5.74) is 0. The summed E-state index contributed by atoms with van der Waals surface area (Å²) in [6, 6.07) is 0. The molecule has 0 spiro atoms. The third kappa shape index (κ3) is 25.3. The smallest absolute Gasteiger partial charge is 0.310 e. The molecule has 0 aromatic heterocycles. The molecule has 6 heteroatoms. The van der Waals surface area contributed by atoms with Gasteiger partial charge in [-0.05, 0) is 38.5 Å². The average molecular weight is 487 g/mol. The summed E-state index contributed by atoms with van der Waals surface area (Å²) in [6.45, 7) is 4.38. The number of unbranched alkanes of at least 4 members (excludes halogenated alkanes) is 1. The molecule has 0 saturated heterocycles. The normalized spacial score (nSPS) is 12.3. The van der Waals surface area contributed by atoms with E-state index in [1.807, 2.05) is 12.2 Å². The SMILES string of the molecule is CCCC=CCC=CCC=CCC=CCC=CCC=CCC(=O)OC(COC(C)=O)COC(C)=O. The second-order valence-electron chi connectivity index (χ2n) is 7.72. The lowest BCUT2D eigenvalue weighted by molar-refractivity contribution is -0.164. The van der Waals surface area contributed by atoms with E-state index in [1.54, 1.807) is 6.08 Å². The summed E-state index contributed by atoms with van der Waals surface area (Å²) < 4.78 is 14.9. The Balaban J connectivity index is 3.94. The molecular weight excluding hydrogens is 444 g/mol. The molecule has 194 valence electrons. The van der Waals surface area contributed by atoms with E-state index in [2.05, 4.69) is 61.6 Å². The van der Waals surface area contributed by atoms with Crippen LogP contribution in [0.25, 0.3) is 0 Å². The highest BCUT2D eigenvalue weighted by atomic mass is 16.6. The van der Waals surface area contributed by atoms with Crippen molar-refractivity contribution < 1.29 is 28.6 Å². The first-order valence-electron chi connectivity index (χ1n) is 12.3. The van der Waals surface area contributed by atoms with Crippen molar-refractivity contribution in [1.82, 2.24) is 0 Å². The summed E-state index contributed by atoms with van der Waals surface area (Å²) >= 11 is 0. The van der Waals surface area contributed by atoms with Gasteiger partial charge < -0.3 is 14.2 Å². The molecule has 0 aliphatic rings. The fourth-order valence-electron chi connectivity index (χ4n) is 2.59. The van der Waals surface area contributed by atoms with Crippen LogP contribution in [0.15, 0.2) is 72.9 Å². The number of esters is 3. The molecule has 0 unspecified atom stereocenters. The maximum atomic E-state index is 11.9. The van der Waals surface area contributed by atoms with Crippen molar-refractivity contribution in [2.75, 3.05) is 13.2 Å². The largest absolute Gasteiger partial charge is 0.462 e. The number of hydrogen-bond donors (Lipinski definition) is 0. The number of carbonyl (C=O) groups is 3. The van der Waals surface area contributed by atoms with Crippen molar-refractivity contribution in [3.63, 3.8) is 0 Å². The standard InChI is InChI=1S/C29H42O6/c1-4-5-6-7-8-9-10-11-12-13-14-15-16-17-18-19-20-21-22-23-29(32)35-28(24-33-26(2)30)25-34-27(3)31/h6-7,9-10,12-13,15-16,18-19,21-22,28H,4-5,8,11,14,17,20,23-25H2,1-3H3. The fraction of sp³-hybridized carbons (Fsp3) is 0.483. The Morgan fingerprint density at radius 3 is 1.34 bits per heavy atom. The van der Waals surface area contributed by atoms with E-state index in [9.17, 15) is 14.4 Å². The van der Waals surface area contributed by atoms with Gasteiger partial charge in [0.2, 0.25) is 0 Å². The van der Waals surface area contributed by atoms with Crippen molar-refractivity contribution >= 4 is 17.9 Å². The van der Waals surface area contributed by atoms with Gasteiger partial charge in [-0.15, -0.1) is 0 Å². The van der Waals surface area contributed by atoms with E-state index in [0.29, 0.717) is 6.42 Å². The van der Waals surface area contributed by atoms with Crippen LogP contribution in [-0.2, 0) is 28.6 Å². The van der Waals surface area contributed by atoms with E-state index >= 15 is 0 Å². The third-order valence-electron chi connectivity index (χ3n) is 4.34. The zero-order valence-corrected chi connectivity index (χ0v) is 21.5. The summed E-state index contributed by atoms with van der Waals surface area (Å²) in [5, 5.41) is 0. The summed E-state index contributed by atoms with van der Waals surface area (Å²) in [6.07, 6.45) is 31.3. The van der Waals surface area contributed by atoms with Crippen molar-refractivity contribution in [3.05, 3.63) is 72.9 Å². The van der Waals surface area contributed by atoms with Crippen molar-refractivity contribution in [1.29, 1.82) is 0 Å². The van der Waals surface area contributed by atoms with Crippen molar-refractivity contribution in [2.45, 2.75) is 78.2 Å². The lowest BCUT2D eigenvalue weighted by Gasteiger charge is -2.16. The van der Waals surface area contributed by atoms with Gasteiger partial charge in [0.15, 0.2) is 6.10 Å². The summed E-state index contributed by atoms with van der Waals surface area (Å²) in [5.74, 6) is -1.48. The number of allylic oxidation sites excluding steroid dienone is 11. The predicted molar refractivity (Wildman–Crippen MR) is 141 cm³/mol. The van der Waals surface area contributed by atoms with Gasteiger partial charge in [0, 0.05) is 13.8 Å². The third-order valence-corrected chi connectivity index (χ3v) is 4.34. The molecule has 0 atom stereocenters. The Bertz CT molecular complexity index is 737. The van der Waals surface area contributed by atoms with Gasteiger partial charge >= 0.3 is 17.9 Å². The van der Waals surface area contributed by atoms with Crippen LogP contribution in [0, 0.1) is 0 Å². The molecule has 0 aromatic carbocycles. The topological polar surface area (TPSA) is 78.9 Å². The summed E-state index contributed by atoms with van der Waals surface area (Å²) in [4.78, 5) is 33.8. The Hall–Kier alpha value is -3.15. The molecule has 0 saturated carbocycles. The monoisotopic (exact) mass is 486 g/mol. The molecule has 0 N–H and O–H groups in total. The van der Waals surface area contributed by atoms with Crippen LogP contribution in [0.2, 0.25) is 0 Å². The maximum absolute atomic E-state index is 11.9. The molecule has 0 heterocycles. The fourth-order valence-corrected chi connectivity index (χ4v) is 2.59. The molecule has 0 fully saturated rings. The van der Waals surface area contributed by atoms with E-state index < -0.39 is 24.0 Å². The highest BCUT2D eigenvalue weighted by molar-refractivity contribution is 5.71. The van der Waals surface area contributed by atoms with Gasteiger partial charge in [-0.25, -0.2) is 0 Å². The van der Waals surface area contributed by atoms with Gasteiger partial charge in [-0.1, -0.05) is 86.3 Å². The van der Waals surface area contributed by atoms with Gasteiger partial charge in [0.25, 0.3) is 0 Å². The molecule has 0 aromatic rings. The Labute approximate surface area is 211 Å². The molecule has 0 rings (SSSR count). The molecule has 6 nitrogen and oxygen atoms in total. The van der Waals surface area contributed by atoms with Crippen LogP contribution in [0.1, 0.15) is 72.1 Å². The maximum Gasteiger partial charge on any atom is 0.310 e. The van der Waals surface area contributed by atoms with Crippen LogP contribution in [0.4, 0.5) is 0 Å². The molecule has 0 aliphatic heterocycles. The Kier molecular flexibility index (Phi) is 21.8.